The lowest BCUT2D eigenvalue weighted by Gasteiger charge is -2.36. The number of rotatable bonds is 1. The van der Waals surface area contributed by atoms with Crippen LogP contribution in [0.5, 0.6) is 0 Å². The Morgan fingerprint density at radius 1 is 1.40 bits per heavy atom. The summed E-state index contributed by atoms with van der Waals surface area (Å²) in [5, 5.41) is 0. The van der Waals surface area contributed by atoms with Gasteiger partial charge in [-0.2, -0.15) is 0 Å². The van der Waals surface area contributed by atoms with Crippen LogP contribution in [0.4, 0.5) is 4.39 Å². The third-order valence-electron chi connectivity index (χ3n) is 3.45. The largest absolute Gasteiger partial charge is 0.321 e. The topological polar surface area (TPSA) is 38.9 Å². The minimum absolute atomic E-state index is 0.295. The molecular formula is C12H17FN2. The van der Waals surface area contributed by atoms with Crippen LogP contribution in [0.25, 0.3) is 0 Å². The number of nitrogens with zero attached hydrogens (tertiary/aromatic N) is 1. The molecule has 2 N–H and O–H groups in total. The van der Waals surface area contributed by atoms with E-state index < -0.39 is 0 Å². The molecule has 3 heteroatoms. The Morgan fingerprint density at radius 3 is 2.67 bits per heavy atom. The Labute approximate surface area is 89.7 Å². The van der Waals surface area contributed by atoms with Gasteiger partial charge in [-0.15, -0.1) is 0 Å². The van der Waals surface area contributed by atoms with Crippen molar-refractivity contribution < 1.29 is 4.39 Å². The van der Waals surface area contributed by atoms with E-state index in [4.69, 9.17) is 5.73 Å². The highest BCUT2D eigenvalue weighted by atomic mass is 19.1. The fraction of sp³-hybridized carbons (Fsp3) is 0.583. The third kappa shape index (κ3) is 2.17. The summed E-state index contributed by atoms with van der Waals surface area (Å²) in [6, 6.07) is 1.52. The molecule has 0 radical (unpaired) electrons. The molecule has 15 heavy (non-hydrogen) atoms. The minimum Gasteiger partial charge on any atom is -0.321 e. The van der Waals surface area contributed by atoms with Gasteiger partial charge in [-0.1, -0.05) is 6.92 Å². The van der Waals surface area contributed by atoms with E-state index in [9.17, 15) is 4.39 Å². The number of hydrogen-bond donors (Lipinski definition) is 1. The van der Waals surface area contributed by atoms with Gasteiger partial charge >= 0.3 is 0 Å². The van der Waals surface area contributed by atoms with Crippen LogP contribution in [0.1, 0.15) is 38.2 Å². The molecule has 0 atom stereocenters. The highest BCUT2D eigenvalue weighted by molar-refractivity contribution is 5.21. The van der Waals surface area contributed by atoms with Gasteiger partial charge in [-0.05, 0) is 43.2 Å². The van der Waals surface area contributed by atoms with Crippen molar-refractivity contribution in [2.45, 2.75) is 38.1 Å². The predicted molar refractivity (Wildman–Crippen MR) is 57.7 cm³/mol. The van der Waals surface area contributed by atoms with E-state index in [-0.39, 0.29) is 11.4 Å². The monoisotopic (exact) mass is 208 g/mol. The van der Waals surface area contributed by atoms with Gasteiger partial charge in [0.15, 0.2) is 0 Å². The first-order chi connectivity index (χ1) is 7.10. The maximum Gasteiger partial charge on any atom is 0.141 e. The molecule has 0 aliphatic heterocycles. The Balaban J connectivity index is 2.22. The zero-order chi connectivity index (χ0) is 10.9. The lowest BCUT2D eigenvalue weighted by molar-refractivity contribution is 0.247. The highest BCUT2D eigenvalue weighted by Crippen LogP contribution is 2.37. The number of pyridine rings is 1. The lowest BCUT2D eigenvalue weighted by atomic mass is 9.74. The molecule has 1 aromatic rings. The molecule has 1 aliphatic carbocycles. The minimum atomic E-state index is -0.360. The summed E-state index contributed by atoms with van der Waals surface area (Å²) in [6.07, 6.45) is 7.01. The summed E-state index contributed by atoms with van der Waals surface area (Å²) in [7, 11) is 0. The maximum absolute atomic E-state index is 13.1. The van der Waals surface area contributed by atoms with E-state index in [1.165, 1.54) is 12.3 Å². The fourth-order valence-electron chi connectivity index (χ4n) is 2.25. The molecule has 0 bridgehead atoms. The Bertz CT molecular complexity index is 343. The van der Waals surface area contributed by atoms with Crippen LogP contribution >= 0.6 is 0 Å². The van der Waals surface area contributed by atoms with E-state index in [1.807, 2.05) is 0 Å². The van der Waals surface area contributed by atoms with Crippen LogP contribution in [0.2, 0.25) is 0 Å². The second-order valence-electron chi connectivity index (χ2n) is 4.73. The summed E-state index contributed by atoms with van der Waals surface area (Å²) in [4.78, 5) is 3.87. The molecular weight excluding hydrogens is 191 g/mol. The van der Waals surface area contributed by atoms with Crippen molar-refractivity contribution in [2.24, 2.45) is 11.7 Å². The maximum atomic E-state index is 13.1. The molecule has 0 amide bonds. The second kappa shape index (κ2) is 3.89. The van der Waals surface area contributed by atoms with Crippen molar-refractivity contribution in [1.29, 1.82) is 0 Å². The molecule has 2 rings (SSSR count). The molecule has 0 saturated heterocycles. The molecule has 0 aromatic carbocycles. The first-order valence-electron chi connectivity index (χ1n) is 5.50. The highest BCUT2D eigenvalue weighted by Gasteiger charge is 2.32. The SMILES string of the molecule is CC1CCC(N)(c2cncc(F)c2)CC1. The zero-order valence-corrected chi connectivity index (χ0v) is 9.04. The van der Waals surface area contributed by atoms with Gasteiger partial charge in [0, 0.05) is 11.7 Å². The van der Waals surface area contributed by atoms with Gasteiger partial charge in [-0.25, -0.2) is 4.39 Å². The van der Waals surface area contributed by atoms with E-state index in [0.29, 0.717) is 0 Å². The van der Waals surface area contributed by atoms with Crippen LogP contribution in [-0.2, 0) is 5.54 Å². The molecule has 1 saturated carbocycles. The van der Waals surface area contributed by atoms with Gasteiger partial charge in [0.2, 0.25) is 0 Å². The second-order valence-corrected chi connectivity index (χ2v) is 4.73. The Hall–Kier alpha value is -0.960. The summed E-state index contributed by atoms with van der Waals surface area (Å²) < 4.78 is 13.1. The predicted octanol–water partition coefficient (Wildman–Crippen LogP) is 2.58. The molecule has 1 aromatic heterocycles. The summed E-state index contributed by atoms with van der Waals surface area (Å²) in [5.74, 6) is 0.444. The van der Waals surface area contributed by atoms with Crippen molar-refractivity contribution in [3.63, 3.8) is 0 Å². The van der Waals surface area contributed by atoms with Gasteiger partial charge in [0.05, 0.1) is 6.20 Å². The smallest absolute Gasteiger partial charge is 0.141 e. The molecule has 1 aliphatic rings. The number of halogens is 1. The standard InChI is InChI=1S/C12H17FN2/c1-9-2-4-12(14,5-3-9)10-6-11(13)8-15-7-10/h6-9H,2-5,14H2,1H3. The average molecular weight is 208 g/mol. The van der Waals surface area contributed by atoms with E-state index in [0.717, 1.165) is 37.2 Å². The molecule has 1 heterocycles. The average Bonchev–Trinajstić information content (AvgIpc) is 2.23. The van der Waals surface area contributed by atoms with Crippen molar-refractivity contribution in [1.82, 2.24) is 4.98 Å². The molecule has 0 spiro atoms. The molecule has 82 valence electrons. The van der Waals surface area contributed by atoms with Crippen LogP contribution in [0.3, 0.4) is 0 Å². The number of nitrogens with two attached hydrogens (primary N) is 1. The quantitative estimate of drug-likeness (QED) is 0.770. The van der Waals surface area contributed by atoms with Gasteiger partial charge in [-0.3, -0.25) is 4.98 Å². The molecule has 0 unspecified atom stereocenters. The van der Waals surface area contributed by atoms with E-state index in [1.54, 1.807) is 6.20 Å². The fourth-order valence-corrected chi connectivity index (χ4v) is 2.25. The first-order valence-corrected chi connectivity index (χ1v) is 5.50. The molecule has 1 fully saturated rings. The van der Waals surface area contributed by atoms with Crippen LogP contribution in [0.15, 0.2) is 18.5 Å². The summed E-state index contributed by atoms with van der Waals surface area (Å²) in [6.45, 7) is 2.24. The zero-order valence-electron chi connectivity index (χ0n) is 9.04. The Morgan fingerprint density at radius 2 is 2.07 bits per heavy atom. The lowest BCUT2D eigenvalue weighted by Crippen LogP contribution is -2.40. The van der Waals surface area contributed by atoms with E-state index >= 15 is 0 Å². The number of hydrogen-bond acceptors (Lipinski definition) is 2. The van der Waals surface area contributed by atoms with Gasteiger partial charge in [0.1, 0.15) is 5.82 Å². The Kier molecular flexibility index (Phi) is 2.74. The normalized spacial score (nSPS) is 31.5. The van der Waals surface area contributed by atoms with Crippen LogP contribution in [-0.4, -0.2) is 4.98 Å². The third-order valence-corrected chi connectivity index (χ3v) is 3.45. The van der Waals surface area contributed by atoms with Gasteiger partial charge in [0.25, 0.3) is 0 Å². The van der Waals surface area contributed by atoms with Gasteiger partial charge < -0.3 is 5.73 Å². The van der Waals surface area contributed by atoms with Crippen LogP contribution in [0, 0.1) is 11.7 Å². The first kappa shape index (κ1) is 10.6. The molecule has 2 nitrogen and oxygen atoms in total. The van der Waals surface area contributed by atoms with Crippen molar-refractivity contribution in [3.8, 4) is 0 Å². The number of aromatic nitrogens is 1. The van der Waals surface area contributed by atoms with Crippen molar-refractivity contribution >= 4 is 0 Å². The summed E-state index contributed by atoms with van der Waals surface area (Å²) >= 11 is 0. The van der Waals surface area contributed by atoms with Crippen LogP contribution < -0.4 is 5.73 Å². The van der Waals surface area contributed by atoms with Crippen molar-refractivity contribution in [3.05, 3.63) is 29.8 Å². The summed E-state index contributed by atoms with van der Waals surface area (Å²) in [5.41, 5.74) is 6.79. The van der Waals surface area contributed by atoms with Crippen molar-refractivity contribution in [2.75, 3.05) is 0 Å². The van der Waals surface area contributed by atoms with E-state index in [2.05, 4.69) is 11.9 Å².